The quantitative estimate of drug-likeness (QED) is 0.663. The van der Waals surface area contributed by atoms with Crippen molar-refractivity contribution in [1.29, 1.82) is 0 Å². The Labute approximate surface area is 125 Å². The van der Waals surface area contributed by atoms with Gasteiger partial charge < -0.3 is 20.1 Å². The number of aliphatic imine (C=N–C) groups is 1. The fourth-order valence-corrected chi connectivity index (χ4v) is 2.36. The zero-order valence-electron chi connectivity index (χ0n) is 12.7. The lowest BCUT2D eigenvalue weighted by molar-refractivity contribution is 0.297. The van der Waals surface area contributed by atoms with Crippen LogP contribution >= 0.6 is 0 Å². The molecule has 5 heteroatoms. The van der Waals surface area contributed by atoms with E-state index < -0.39 is 0 Å². The summed E-state index contributed by atoms with van der Waals surface area (Å²) >= 11 is 0. The van der Waals surface area contributed by atoms with Crippen molar-refractivity contribution in [2.45, 2.75) is 32.7 Å². The van der Waals surface area contributed by atoms with E-state index in [1.165, 1.54) is 6.42 Å². The van der Waals surface area contributed by atoms with Crippen LogP contribution in [0.4, 0.5) is 5.69 Å². The summed E-state index contributed by atoms with van der Waals surface area (Å²) < 4.78 is 11.4. The third kappa shape index (κ3) is 3.60. The first-order chi connectivity index (χ1) is 10.3. The van der Waals surface area contributed by atoms with Gasteiger partial charge in [0.1, 0.15) is 0 Å². The van der Waals surface area contributed by atoms with E-state index in [9.17, 15) is 0 Å². The summed E-state index contributed by atoms with van der Waals surface area (Å²) in [6, 6.07) is 6.47. The normalized spacial score (nSPS) is 24.2. The maximum Gasteiger partial charge on any atom is 0.196 e. The molecule has 1 aromatic rings. The summed E-state index contributed by atoms with van der Waals surface area (Å²) in [5.41, 5.74) is 0.965. The molecule has 0 radical (unpaired) electrons. The second-order valence-electron chi connectivity index (χ2n) is 5.62. The SMILES string of the molecule is CCN=C(Nc1ccc2c(c1)OCCCO2)NC1CC1C. The van der Waals surface area contributed by atoms with Gasteiger partial charge in [-0.25, -0.2) is 0 Å². The first-order valence-electron chi connectivity index (χ1n) is 7.74. The van der Waals surface area contributed by atoms with Crippen LogP contribution in [0.2, 0.25) is 0 Å². The number of nitrogens with zero attached hydrogens (tertiary/aromatic N) is 1. The molecule has 2 atom stereocenters. The van der Waals surface area contributed by atoms with Crippen LogP contribution in [0.15, 0.2) is 23.2 Å². The molecule has 0 saturated heterocycles. The van der Waals surface area contributed by atoms with Crippen molar-refractivity contribution in [2.24, 2.45) is 10.9 Å². The smallest absolute Gasteiger partial charge is 0.196 e. The minimum atomic E-state index is 0.545. The number of hydrogen-bond acceptors (Lipinski definition) is 3. The van der Waals surface area contributed by atoms with Crippen molar-refractivity contribution in [3.63, 3.8) is 0 Å². The van der Waals surface area contributed by atoms with E-state index in [0.29, 0.717) is 19.3 Å². The van der Waals surface area contributed by atoms with E-state index in [2.05, 4.69) is 22.5 Å². The highest BCUT2D eigenvalue weighted by Gasteiger charge is 2.33. The number of guanidine groups is 1. The van der Waals surface area contributed by atoms with E-state index in [1.807, 2.05) is 25.1 Å². The molecule has 1 aliphatic heterocycles. The molecule has 1 aliphatic carbocycles. The average molecular weight is 289 g/mol. The van der Waals surface area contributed by atoms with Gasteiger partial charge in [0, 0.05) is 30.8 Å². The summed E-state index contributed by atoms with van der Waals surface area (Å²) in [7, 11) is 0. The minimum Gasteiger partial charge on any atom is -0.490 e. The molecule has 2 aliphatic rings. The van der Waals surface area contributed by atoms with Crippen LogP contribution in [-0.4, -0.2) is 31.8 Å². The lowest BCUT2D eigenvalue weighted by atomic mass is 10.2. The monoisotopic (exact) mass is 289 g/mol. The van der Waals surface area contributed by atoms with E-state index in [1.54, 1.807) is 0 Å². The van der Waals surface area contributed by atoms with Gasteiger partial charge in [-0.15, -0.1) is 0 Å². The molecule has 0 bridgehead atoms. The topological polar surface area (TPSA) is 54.9 Å². The molecular formula is C16H23N3O2. The van der Waals surface area contributed by atoms with Crippen molar-refractivity contribution in [3.8, 4) is 11.5 Å². The Morgan fingerprint density at radius 3 is 2.76 bits per heavy atom. The Hall–Kier alpha value is -1.91. The zero-order valence-corrected chi connectivity index (χ0v) is 12.7. The van der Waals surface area contributed by atoms with E-state index in [-0.39, 0.29) is 0 Å². The summed E-state index contributed by atoms with van der Waals surface area (Å²) in [5.74, 6) is 3.18. The molecule has 0 aromatic heterocycles. The van der Waals surface area contributed by atoms with Crippen LogP contribution in [-0.2, 0) is 0 Å². The number of benzene rings is 1. The summed E-state index contributed by atoms with van der Waals surface area (Å²) in [6.07, 6.45) is 2.13. The van der Waals surface area contributed by atoms with Crippen molar-refractivity contribution < 1.29 is 9.47 Å². The number of fused-ring (bicyclic) bond motifs is 1. The molecule has 3 rings (SSSR count). The predicted molar refractivity (Wildman–Crippen MR) is 84.4 cm³/mol. The molecule has 1 aromatic carbocycles. The summed E-state index contributed by atoms with van der Waals surface area (Å²) in [5, 5.41) is 6.80. The Kier molecular flexibility index (Phi) is 4.18. The first kappa shape index (κ1) is 14.0. The number of ether oxygens (including phenoxy) is 2. The van der Waals surface area contributed by atoms with Crippen molar-refractivity contribution in [3.05, 3.63) is 18.2 Å². The summed E-state index contributed by atoms with van der Waals surface area (Å²) in [4.78, 5) is 4.49. The van der Waals surface area contributed by atoms with Gasteiger partial charge >= 0.3 is 0 Å². The second kappa shape index (κ2) is 6.24. The van der Waals surface area contributed by atoms with Crippen LogP contribution < -0.4 is 20.1 Å². The van der Waals surface area contributed by atoms with Gasteiger partial charge in [0.2, 0.25) is 0 Å². The van der Waals surface area contributed by atoms with Gasteiger partial charge in [-0.3, -0.25) is 4.99 Å². The molecule has 0 amide bonds. The maximum absolute atomic E-state index is 5.72. The van der Waals surface area contributed by atoms with Crippen molar-refractivity contribution in [1.82, 2.24) is 5.32 Å². The lowest BCUT2D eigenvalue weighted by Gasteiger charge is -2.14. The Morgan fingerprint density at radius 1 is 1.29 bits per heavy atom. The van der Waals surface area contributed by atoms with Gasteiger partial charge in [0.05, 0.1) is 13.2 Å². The fourth-order valence-electron chi connectivity index (χ4n) is 2.36. The molecule has 2 unspecified atom stereocenters. The Balaban J connectivity index is 1.70. The standard InChI is InChI=1S/C16H23N3O2/c1-3-17-16(19-13-9-11(13)2)18-12-5-6-14-15(10-12)21-8-4-7-20-14/h5-6,10-11,13H,3-4,7-9H2,1-2H3,(H2,17,18,19). The van der Waals surface area contributed by atoms with Gasteiger partial charge in [0.15, 0.2) is 17.5 Å². The largest absolute Gasteiger partial charge is 0.490 e. The van der Waals surface area contributed by atoms with Crippen LogP contribution in [0, 0.1) is 5.92 Å². The van der Waals surface area contributed by atoms with Crippen molar-refractivity contribution in [2.75, 3.05) is 25.1 Å². The molecule has 114 valence electrons. The highest BCUT2D eigenvalue weighted by molar-refractivity contribution is 5.94. The van der Waals surface area contributed by atoms with Gasteiger partial charge in [-0.05, 0) is 31.4 Å². The van der Waals surface area contributed by atoms with Gasteiger partial charge in [-0.2, -0.15) is 0 Å². The molecule has 1 fully saturated rings. The van der Waals surface area contributed by atoms with Crippen LogP contribution in [0.5, 0.6) is 11.5 Å². The maximum atomic E-state index is 5.72. The molecule has 0 spiro atoms. The van der Waals surface area contributed by atoms with E-state index >= 15 is 0 Å². The van der Waals surface area contributed by atoms with Crippen LogP contribution in [0.3, 0.4) is 0 Å². The highest BCUT2D eigenvalue weighted by atomic mass is 16.5. The lowest BCUT2D eigenvalue weighted by Crippen LogP contribution is -2.33. The molecule has 1 heterocycles. The highest BCUT2D eigenvalue weighted by Crippen LogP contribution is 2.32. The number of rotatable bonds is 3. The van der Waals surface area contributed by atoms with Crippen LogP contribution in [0.1, 0.15) is 26.7 Å². The average Bonchev–Trinajstić information content (AvgIpc) is 3.20. The van der Waals surface area contributed by atoms with Crippen LogP contribution in [0.25, 0.3) is 0 Å². The third-order valence-electron chi connectivity index (χ3n) is 3.76. The third-order valence-corrected chi connectivity index (χ3v) is 3.76. The van der Waals surface area contributed by atoms with E-state index in [4.69, 9.17) is 9.47 Å². The Morgan fingerprint density at radius 2 is 2.05 bits per heavy atom. The minimum absolute atomic E-state index is 0.545. The van der Waals surface area contributed by atoms with Gasteiger partial charge in [0.25, 0.3) is 0 Å². The second-order valence-corrected chi connectivity index (χ2v) is 5.62. The van der Waals surface area contributed by atoms with Gasteiger partial charge in [-0.1, -0.05) is 6.92 Å². The number of anilines is 1. The molecule has 1 saturated carbocycles. The number of nitrogens with one attached hydrogen (secondary N) is 2. The molecule has 5 nitrogen and oxygen atoms in total. The predicted octanol–water partition coefficient (Wildman–Crippen LogP) is 2.63. The first-order valence-corrected chi connectivity index (χ1v) is 7.74. The zero-order chi connectivity index (χ0) is 14.7. The fraction of sp³-hybridized carbons (Fsp3) is 0.562. The van der Waals surface area contributed by atoms with E-state index in [0.717, 1.165) is 42.0 Å². The summed E-state index contributed by atoms with van der Waals surface area (Å²) in [6.45, 7) is 6.44. The molecule has 21 heavy (non-hydrogen) atoms. The molecular weight excluding hydrogens is 266 g/mol. The number of hydrogen-bond donors (Lipinski definition) is 2. The molecule has 2 N–H and O–H groups in total. The Bertz CT molecular complexity index is 530. The van der Waals surface area contributed by atoms with Crippen molar-refractivity contribution >= 4 is 11.6 Å².